The zero-order valence-corrected chi connectivity index (χ0v) is 12.0. The molecule has 0 saturated carbocycles. The first kappa shape index (κ1) is 15.4. The molecule has 3 N–H and O–H groups in total. The summed E-state index contributed by atoms with van der Waals surface area (Å²) in [7, 11) is 0. The number of nitrogens with zero attached hydrogens (tertiary/aromatic N) is 1. The zero-order chi connectivity index (χ0) is 13.4. The summed E-state index contributed by atoms with van der Waals surface area (Å²) in [6.45, 7) is 8.21. The minimum atomic E-state index is -0.223. The van der Waals surface area contributed by atoms with E-state index in [0.29, 0.717) is 0 Å². The molecule has 4 heteroatoms. The highest BCUT2D eigenvalue weighted by atomic mass is 16.1. The molecule has 0 radical (unpaired) electrons. The van der Waals surface area contributed by atoms with E-state index in [4.69, 9.17) is 5.73 Å². The molecule has 1 aliphatic rings. The summed E-state index contributed by atoms with van der Waals surface area (Å²) in [6.07, 6.45) is 6.20. The lowest BCUT2D eigenvalue weighted by molar-refractivity contribution is -0.120. The molecule has 1 saturated heterocycles. The molecule has 1 aliphatic heterocycles. The minimum absolute atomic E-state index is 0.187. The van der Waals surface area contributed by atoms with E-state index in [1.165, 1.54) is 25.7 Å². The van der Waals surface area contributed by atoms with Crippen molar-refractivity contribution in [2.75, 3.05) is 26.2 Å². The van der Waals surface area contributed by atoms with Crippen LogP contribution in [0.1, 0.15) is 46.0 Å². The average molecular weight is 255 g/mol. The van der Waals surface area contributed by atoms with Gasteiger partial charge in [-0.05, 0) is 44.8 Å². The molecular weight excluding hydrogens is 226 g/mol. The van der Waals surface area contributed by atoms with Gasteiger partial charge in [-0.2, -0.15) is 0 Å². The number of primary amides is 1. The van der Waals surface area contributed by atoms with E-state index in [-0.39, 0.29) is 11.9 Å². The van der Waals surface area contributed by atoms with Crippen LogP contribution in [-0.4, -0.2) is 43.0 Å². The second-order valence-electron chi connectivity index (χ2n) is 5.44. The van der Waals surface area contributed by atoms with Crippen molar-refractivity contribution in [1.82, 2.24) is 10.2 Å². The van der Waals surface area contributed by atoms with Crippen molar-refractivity contribution in [2.24, 2.45) is 11.7 Å². The Kier molecular flexibility index (Phi) is 7.28. The summed E-state index contributed by atoms with van der Waals surface area (Å²) in [5, 5.41) is 3.24. The molecule has 106 valence electrons. The van der Waals surface area contributed by atoms with Gasteiger partial charge in [0.15, 0.2) is 0 Å². The topological polar surface area (TPSA) is 58.4 Å². The van der Waals surface area contributed by atoms with Crippen LogP contribution in [0.4, 0.5) is 0 Å². The maximum Gasteiger partial charge on any atom is 0.235 e. The van der Waals surface area contributed by atoms with Gasteiger partial charge in [-0.15, -0.1) is 0 Å². The van der Waals surface area contributed by atoms with E-state index in [2.05, 4.69) is 24.1 Å². The van der Waals surface area contributed by atoms with Crippen LogP contribution in [0.15, 0.2) is 0 Å². The summed E-state index contributed by atoms with van der Waals surface area (Å²) < 4.78 is 0. The van der Waals surface area contributed by atoms with Gasteiger partial charge in [-0.3, -0.25) is 4.79 Å². The molecule has 1 unspecified atom stereocenters. The van der Waals surface area contributed by atoms with E-state index in [1.54, 1.807) is 0 Å². The lowest BCUT2D eigenvalue weighted by atomic mass is 9.92. The molecule has 0 aromatic heterocycles. The number of amides is 1. The Labute approximate surface area is 111 Å². The molecule has 1 amide bonds. The molecule has 1 heterocycles. The Balaban J connectivity index is 2.30. The Morgan fingerprint density at radius 3 is 2.50 bits per heavy atom. The molecule has 0 spiro atoms. The minimum Gasteiger partial charge on any atom is -0.368 e. The summed E-state index contributed by atoms with van der Waals surface area (Å²) in [6, 6.07) is -0.187. The number of piperidine rings is 1. The number of nitrogens with two attached hydrogens (primary N) is 1. The first-order valence-electron chi connectivity index (χ1n) is 7.42. The fourth-order valence-corrected chi connectivity index (χ4v) is 2.70. The SMILES string of the molecule is CCCNC(CN1CCC(CCC)CC1)C(N)=O. The van der Waals surface area contributed by atoms with Gasteiger partial charge in [-0.25, -0.2) is 0 Å². The van der Waals surface area contributed by atoms with Crippen LogP contribution < -0.4 is 11.1 Å². The number of carbonyl (C=O) groups is 1. The van der Waals surface area contributed by atoms with Gasteiger partial charge in [0.2, 0.25) is 5.91 Å². The largest absolute Gasteiger partial charge is 0.368 e. The summed E-state index contributed by atoms with van der Waals surface area (Å²) in [4.78, 5) is 13.8. The zero-order valence-electron chi connectivity index (χ0n) is 12.0. The van der Waals surface area contributed by atoms with Gasteiger partial charge < -0.3 is 16.0 Å². The number of likely N-dealkylation sites (tertiary alicyclic amines) is 1. The molecular formula is C14H29N3O. The van der Waals surface area contributed by atoms with Crippen LogP contribution >= 0.6 is 0 Å². The van der Waals surface area contributed by atoms with E-state index in [1.807, 2.05) is 0 Å². The van der Waals surface area contributed by atoms with Crippen LogP contribution in [0.2, 0.25) is 0 Å². The highest BCUT2D eigenvalue weighted by Crippen LogP contribution is 2.21. The number of rotatable bonds is 8. The number of hydrogen-bond acceptors (Lipinski definition) is 3. The summed E-state index contributed by atoms with van der Waals surface area (Å²) in [5.41, 5.74) is 5.44. The Morgan fingerprint density at radius 2 is 2.00 bits per heavy atom. The molecule has 0 aromatic rings. The van der Waals surface area contributed by atoms with E-state index in [0.717, 1.165) is 38.5 Å². The predicted octanol–water partition coefficient (Wildman–Crippen LogP) is 1.35. The number of nitrogens with one attached hydrogen (secondary N) is 1. The predicted molar refractivity (Wildman–Crippen MR) is 75.3 cm³/mol. The highest BCUT2D eigenvalue weighted by Gasteiger charge is 2.23. The molecule has 18 heavy (non-hydrogen) atoms. The van der Waals surface area contributed by atoms with Gasteiger partial charge >= 0.3 is 0 Å². The van der Waals surface area contributed by atoms with Gasteiger partial charge in [0.05, 0.1) is 6.04 Å². The standard InChI is InChI=1S/C14H29N3O/c1-3-5-12-6-9-17(10-7-12)11-13(14(15)18)16-8-4-2/h12-13,16H,3-11H2,1-2H3,(H2,15,18). The quantitative estimate of drug-likeness (QED) is 0.688. The van der Waals surface area contributed by atoms with Crippen molar-refractivity contribution >= 4 is 5.91 Å². The van der Waals surface area contributed by atoms with Gasteiger partial charge in [0, 0.05) is 6.54 Å². The van der Waals surface area contributed by atoms with Crippen LogP contribution in [0.25, 0.3) is 0 Å². The van der Waals surface area contributed by atoms with Crippen molar-refractivity contribution in [3.05, 3.63) is 0 Å². The highest BCUT2D eigenvalue weighted by molar-refractivity contribution is 5.80. The monoisotopic (exact) mass is 255 g/mol. The first-order valence-corrected chi connectivity index (χ1v) is 7.42. The number of hydrogen-bond donors (Lipinski definition) is 2. The molecule has 0 aliphatic carbocycles. The first-order chi connectivity index (χ1) is 8.67. The maximum absolute atomic E-state index is 11.4. The smallest absolute Gasteiger partial charge is 0.235 e. The van der Waals surface area contributed by atoms with Crippen LogP contribution in [0, 0.1) is 5.92 Å². The average Bonchev–Trinajstić information content (AvgIpc) is 2.36. The third-order valence-electron chi connectivity index (χ3n) is 3.83. The lowest BCUT2D eigenvalue weighted by Gasteiger charge is -2.33. The van der Waals surface area contributed by atoms with Crippen molar-refractivity contribution in [3.63, 3.8) is 0 Å². The Bertz CT molecular complexity index is 237. The third-order valence-corrected chi connectivity index (χ3v) is 3.83. The maximum atomic E-state index is 11.4. The van der Waals surface area contributed by atoms with E-state index >= 15 is 0 Å². The second-order valence-corrected chi connectivity index (χ2v) is 5.44. The summed E-state index contributed by atoms with van der Waals surface area (Å²) in [5.74, 6) is 0.668. The fraction of sp³-hybridized carbons (Fsp3) is 0.929. The molecule has 1 atom stereocenters. The van der Waals surface area contributed by atoms with Gasteiger partial charge in [-0.1, -0.05) is 26.7 Å². The van der Waals surface area contributed by atoms with Gasteiger partial charge in [0.25, 0.3) is 0 Å². The second kappa shape index (κ2) is 8.48. The van der Waals surface area contributed by atoms with Crippen molar-refractivity contribution in [1.29, 1.82) is 0 Å². The molecule has 1 fully saturated rings. The molecule has 4 nitrogen and oxygen atoms in total. The Hall–Kier alpha value is -0.610. The third kappa shape index (κ3) is 5.36. The van der Waals surface area contributed by atoms with Crippen molar-refractivity contribution < 1.29 is 4.79 Å². The van der Waals surface area contributed by atoms with E-state index < -0.39 is 0 Å². The molecule has 0 bridgehead atoms. The summed E-state index contributed by atoms with van der Waals surface area (Å²) >= 11 is 0. The van der Waals surface area contributed by atoms with Crippen molar-refractivity contribution in [3.8, 4) is 0 Å². The lowest BCUT2D eigenvalue weighted by Crippen LogP contribution is -2.50. The van der Waals surface area contributed by atoms with Gasteiger partial charge in [0.1, 0.15) is 0 Å². The van der Waals surface area contributed by atoms with Crippen LogP contribution in [0.3, 0.4) is 0 Å². The van der Waals surface area contributed by atoms with Crippen molar-refractivity contribution in [2.45, 2.75) is 52.0 Å². The molecule has 0 aromatic carbocycles. The fourth-order valence-electron chi connectivity index (χ4n) is 2.70. The number of carbonyl (C=O) groups excluding carboxylic acids is 1. The molecule has 1 rings (SSSR count). The van der Waals surface area contributed by atoms with Crippen LogP contribution in [-0.2, 0) is 4.79 Å². The Morgan fingerprint density at radius 1 is 1.33 bits per heavy atom. The van der Waals surface area contributed by atoms with Crippen LogP contribution in [0.5, 0.6) is 0 Å². The normalized spacial score (nSPS) is 19.9. The van der Waals surface area contributed by atoms with E-state index in [9.17, 15) is 4.79 Å².